The number of rotatable bonds is 3. The molecule has 0 atom stereocenters. The fourth-order valence-corrected chi connectivity index (χ4v) is 3.05. The first-order valence-electron chi connectivity index (χ1n) is 6.46. The van der Waals surface area contributed by atoms with Crippen molar-refractivity contribution in [2.75, 3.05) is 0 Å². The summed E-state index contributed by atoms with van der Waals surface area (Å²) in [6.45, 7) is 0. The standard InChI is InChI=1S/C13H8Cl3F4N2O3P/c1-22-12(13(18,19)20)10(16)11(21-22)6-2-5(7(14)4-8(6)17)3-9(15)26(23,24)25/h2-4H,1H3,(H2,23,24,25). The molecule has 142 valence electrons. The maximum absolute atomic E-state index is 14.2. The maximum atomic E-state index is 14.2. The number of aryl methyl sites for hydroxylation is 1. The third-order valence-corrected chi connectivity index (χ3v) is 5.29. The lowest BCUT2D eigenvalue weighted by molar-refractivity contribution is -0.143. The van der Waals surface area contributed by atoms with E-state index in [0.717, 1.165) is 25.3 Å². The van der Waals surface area contributed by atoms with E-state index in [1.807, 2.05) is 0 Å². The predicted molar refractivity (Wildman–Crippen MR) is 89.5 cm³/mol. The molecule has 13 heteroatoms. The van der Waals surface area contributed by atoms with Crippen molar-refractivity contribution in [3.8, 4) is 11.3 Å². The Morgan fingerprint density at radius 2 is 1.88 bits per heavy atom. The Balaban J connectivity index is 2.70. The van der Waals surface area contributed by atoms with Gasteiger partial charge in [0.2, 0.25) is 0 Å². The molecule has 2 N–H and O–H groups in total. The van der Waals surface area contributed by atoms with Crippen LogP contribution in [0.3, 0.4) is 0 Å². The molecule has 0 amide bonds. The third kappa shape index (κ3) is 4.24. The Bertz CT molecular complexity index is 953. The topological polar surface area (TPSA) is 75.4 Å². The normalized spacial score (nSPS) is 13.4. The van der Waals surface area contributed by atoms with E-state index in [-0.39, 0.29) is 10.6 Å². The zero-order valence-electron chi connectivity index (χ0n) is 12.5. The van der Waals surface area contributed by atoms with Gasteiger partial charge in [0, 0.05) is 12.6 Å². The Hall–Kier alpha value is -1.09. The summed E-state index contributed by atoms with van der Waals surface area (Å²) < 4.78 is 63.9. The van der Waals surface area contributed by atoms with E-state index in [1.54, 1.807) is 0 Å². The number of halogens is 7. The van der Waals surface area contributed by atoms with E-state index in [2.05, 4.69) is 5.10 Å². The summed E-state index contributed by atoms with van der Waals surface area (Å²) in [4.78, 5) is 18.0. The highest BCUT2D eigenvalue weighted by Gasteiger charge is 2.39. The summed E-state index contributed by atoms with van der Waals surface area (Å²) >= 11 is 17.0. The van der Waals surface area contributed by atoms with Crippen LogP contribution in [0.5, 0.6) is 0 Å². The third-order valence-electron chi connectivity index (χ3n) is 3.15. The number of hydrogen-bond acceptors (Lipinski definition) is 2. The summed E-state index contributed by atoms with van der Waals surface area (Å²) in [5, 5.41) is 2.47. The van der Waals surface area contributed by atoms with Crippen LogP contribution in [-0.4, -0.2) is 19.6 Å². The van der Waals surface area contributed by atoms with Gasteiger partial charge in [-0.1, -0.05) is 34.8 Å². The van der Waals surface area contributed by atoms with Crippen LogP contribution in [0, 0.1) is 5.82 Å². The number of nitrogens with zero attached hydrogens (tertiary/aromatic N) is 2. The lowest BCUT2D eigenvalue weighted by atomic mass is 10.1. The number of benzene rings is 1. The van der Waals surface area contributed by atoms with Crippen molar-refractivity contribution in [3.63, 3.8) is 0 Å². The predicted octanol–water partition coefficient (Wildman–Crippen LogP) is 5.27. The molecule has 0 aliphatic rings. The Labute approximate surface area is 158 Å². The van der Waals surface area contributed by atoms with Gasteiger partial charge in [-0.15, -0.1) is 0 Å². The Kier molecular flexibility index (Phi) is 5.83. The second kappa shape index (κ2) is 7.14. The molecule has 0 radical (unpaired) electrons. The van der Waals surface area contributed by atoms with Crippen molar-refractivity contribution in [2.24, 2.45) is 7.05 Å². The van der Waals surface area contributed by atoms with Crippen LogP contribution in [-0.2, 0) is 17.8 Å². The van der Waals surface area contributed by atoms with Gasteiger partial charge in [-0.05, 0) is 23.8 Å². The fraction of sp³-hybridized carbons (Fsp3) is 0.154. The van der Waals surface area contributed by atoms with Crippen molar-refractivity contribution in [2.45, 2.75) is 6.18 Å². The molecule has 1 aromatic heterocycles. The van der Waals surface area contributed by atoms with Gasteiger partial charge in [-0.25, -0.2) is 4.39 Å². The van der Waals surface area contributed by atoms with Crippen molar-refractivity contribution in [1.29, 1.82) is 0 Å². The monoisotopic (exact) mass is 452 g/mol. The van der Waals surface area contributed by atoms with Gasteiger partial charge < -0.3 is 9.79 Å². The molecular formula is C13H8Cl3F4N2O3P. The molecule has 0 saturated carbocycles. The summed E-state index contributed by atoms with van der Waals surface area (Å²) in [5.41, 5.74) is -2.40. The molecule has 0 aliphatic carbocycles. The van der Waals surface area contributed by atoms with Crippen molar-refractivity contribution >= 4 is 48.5 Å². The first-order chi connectivity index (χ1) is 11.7. The van der Waals surface area contributed by atoms with Crippen LogP contribution in [0.2, 0.25) is 10.0 Å². The molecule has 0 fully saturated rings. The van der Waals surface area contributed by atoms with E-state index in [4.69, 9.17) is 44.6 Å². The van der Waals surface area contributed by atoms with E-state index >= 15 is 0 Å². The van der Waals surface area contributed by atoms with Gasteiger partial charge in [0.15, 0.2) is 5.69 Å². The molecule has 0 aliphatic heterocycles. The molecule has 1 heterocycles. The van der Waals surface area contributed by atoms with Crippen LogP contribution < -0.4 is 0 Å². The smallest absolute Gasteiger partial charge is 0.320 e. The maximum Gasteiger partial charge on any atom is 0.434 e. The van der Waals surface area contributed by atoms with Gasteiger partial charge in [0.25, 0.3) is 0 Å². The summed E-state index contributed by atoms with van der Waals surface area (Å²) in [6.07, 6.45) is -4.05. The van der Waals surface area contributed by atoms with Crippen molar-refractivity contribution < 1.29 is 31.9 Å². The first-order valence-corrected chi connectivity index (χ1v) is 9.20. The van der Waals surface area contributed by atoms with Crippen LogP contribution in [0.1, 0.15) is 11.3 Å². The van der Waals surface area contributed by atoms with E-state index in [9.17, 15) is 22.1 Å². The highest BCUT2D eigenvalue weighted by Crippen LogP contribution is 2.49. The van der Waals surface area contributed by atoms with Crippen LogP contribution >= 0.6 is 42.4 Å². The Morgan fingerprint density at radius 1 is 1.31 bits per heavy atom. The molecule has 0 bridgehead atoms. The SMILES string of the molecule is Cn1nc(-c2cc(C=C(Cl)P(=O)(O)O)c(Cl)cc2F)c(Cl)c1C(F)(F)F. The second-order valence-corrected chi connectivity index (χ2v) is 8.02. The van der Waals surface area contributed by atoms with Gasteiger partial charge in [-0.2, -0.15) is 18.3 Å². The van der Waals surface area contributed by atoms with E-state index in [0.29, 0.717) is 4.68 Å². The van der Waals surface area contributed by atoms with E-state index < -0.39 is 46.3 Å². The minimum Gasteiger partial charge on any atom is -0.320 e. The highest BCUT2D eigenvalue weighted by atomic mass is 35.5. The van der Waals surface area contributed by atoms with Crippen molar-refractivity contribution in [3.05, 3.63) is 44.0 Å². The number of hydrogen-bond donors (Lipinski definition) is 2. The van der Waals surface area contributed by atoms with Gasteiger partial charge in [0.1, 0.15) is 16.3 Å². The van der Waals surface area contributed by atoms with Crippen LogP contribution in [0.4, 0.5) is 17.6 Å². The number of aromatic nitrogens is 2. The van der Waals surface area contributed by atoms with Gasteiger partial charge in [-0.3, -0.25) is 9.25 Å². The first kappa shape index (κ1) is 21.2. The van der Waals surface area contributed by atoms with Gasteiger partial charge in [0.05, 0.1) is 10.0 Å². The molecule has 0 spiro atoms. The molecule has 0 saturated heterocycles. The molecular weight excluding hydrogens is 445 g/mol. The lowest BCUT2D eigenvalue weighted by Gasteiger charge is -2.08. The van der Waals surface area contributed by atoms with Crippen molar-refractivity contribution in [1.82, 2.24) is 9.78 Å². The second-order valence-electron chi connectivity index (χ2n) is 5.00. The molecule has 1 aromatic carbocycles. The Morgan fingerprint density at radius 3 is 2.35 bits per heavy atom. The number of alkyl halides is 3. The molecule has 2 rings (SSSR count). The average molecular weight is 454 g/mol. The van der Waals surface area contributed by atoms with E-state index in [1.165, 1.54) is 0 Å². The highest BCUT2D eigenvalue weighted by molar-refractivity contribution is 7.59. The zero-order chi connectivity index (χ0) is 20.0. The summed E-state index contributed by atoms with van der Waals surface area (Å²) in [6, 6.07) is 1.68. The van der Waals surface area contributed by atoms with Gasteiger partial charge >= 0.3 is 13.8 Å². The average Bonchev–Trinajstić information content (AvgIpc) is 2.75. The lowest BCUT2D eigenvalue weighted by Crippen LogP contribution is -2.12. The zero-order valence-corrected chi connectivity index (χ0v) is 15.7. The molecule has 5 nitrogen and oxygen atoms in total. The minimum atomic E-state index is -4.83. The quantitative estimate of drug-likeness (QED) is 0.491. The minimum absolute atomic E-state index is 0.147. The van der Waals surface area contributed by atoms with Crippen LogP contribution in [0.15, 0.2) is 16.9 Å². The van der Waals surface area contributed by atoms with Crippen LogP contribution in [0.25, 0.3) is 17.3 Å². The fourth-order valence-electron chi connectivity index (χ4n) is 2.05. The molecule has 2 aromatic rings. The molecule has 26 heavy (non-hydrogen) atoms. The summed E-state index contributed by atoms with van der Waals surface area (Å²) in [5.74, 6) is -1.03. The largest absolute Gasteiger partial charge is 0.434 e. The summed E-state index contributed by atoms with van der Waals surface area (Å²) in [7, 11) is -3.81. The molecule has 0 unspecified atom stereocenters.